The van der Waals surface area contributed by atoms with Gasteiger partial charge in [0.05, 0.1) is 4.75 Å². The standard InChI is InChI=1S/C13H28O3S/c1-4-7-10-13(11-8-5-2,12-9-6-3)17(14,15)16/h4-12H2,1-3H3,(H,14,15,16). The minimum atomic E-state index is -3.94. The molecule has 0 spiro atoms. The van der Waals surface area contributed by atoms with Crippen LogP contribution >= 0.6 is 0 Å². The summed E-state index contributed by atoms with van der Waals surface area (Å²) in [6.07, 6.45) is 7.31. The molecule has 4 heteroatoms. The second-order valence-electron chi connectivity index (χ2n) is 4.97. The van der Waals surface area contributed by atoms with Crippen molar-refractivity contribution in [1.82, 2.24) is 0 Å². The van der Waals surface area contributed by atoms with Crippen LogP contribution in [0.2, 0.25) is 0 Å². The Bertz CT molecular complexity index is 261. The highest BCUT2D eigenvalue weighted by molar-refractivity contribution is 7.87. The lowest BCUT2D eigenvalue weighted by Gasteiger charge is -2.30. The van der Waals surface area contributed by atoms with E-state index in [-0.39, 0.29) is 0 Å². The molecule has 0 fully saturated rings. The van der Waals surface area contributed by atoms with Crippen molar-refractivity contribution in [3.8, 4) is 0 Å². The summed E-state index contributed by atoms with van der Waals surface area (Å²) < 4.78 is 32.2. The molecule has 0 aromatic heterocycles. The van der Waals surface area contributed by atoms with E-state index in [1.54, 1.807) is 0 Å². The van der Waals surface area contributed by atoms with Crippen LogP contribution < -0.4 is 0 Å². The fourth-order valence-corrected chi connectivity index (χ4v) is 3.47. The van der Waals surface area contributed by atoms with E-state index in [2.05, 4.69) is 0 Å². The van der Waals surface area contributed by atoms with Crippen LogP contribution in [-0.4, -0.2) is 17.7 Å². The summed E-state index contributed by atoms with van der Waals surface area (Å²) in [5.74, 6) is 0. The lowest BCUT2D eigenvalue weighted by molar-refractivity contribution is 0.353. The van der Waals surface area contributed by atoms with Crippen LogP contribution in [0.4, 0.5) is 0 Å². The zero-order chi connectivity index (χ0) is 13.4. The summed E-state index contributed by atoms with van der Waals surface area (Å²) in [7, 11) is -3.94. The van der Waals surface area contributed by atoms with E-state index in [4.69, 9.17) is 0 Å². The van der Waals surface area contributed by atoms with Gasteiger partial charge in [0.25, 0.3) is 10.1 Å². The molecule has 0 aromatic rings. The molecule has 0 rings (SSSR count). The molecule has 0 atom stereocenters. The van der Waals surface area contributed by atoms with Crippen molar-refractivity contribution >= 4 is 10.1 Å². The monoisotopic (exact) mass is 264 g/mol. The summed E-state index contributed by atoms with van der Waals surface area (Å²) in [5, 5.41) is 0. The summed E-state index contributed by atoms with van der Waals surface area (Å²) >= 11 is 0. The first-order chi connectivity index (χ1) is 7.93. The van der Waals surface area contributed by atoms with Gasteiger partial charge in [0.2, 0.25) is 0 Å². The molecule has 0 saturated carbocycles. The molecule has 104 valence electrons. The maximum atomic E-state index is 11.7. The third-order valence-corrected chi connectivity index (χ3v) is 5.21. The molecule has 0 aliphatic rings. The van der Waals surface area contributed by atoms with Crippen LogP contribution in [0.25, 0.3) is 0 Å². The van der Waals surface area contributed by atoms with Gasteiger partial charge in [-0.2, -0.15) is 8.42 Å². The first-order valence-electron chi connectivity index (χ1n) is 6.90. The smallest absolute Gasteiger partial charge is 0.270 e. The first-order valence-corrected chi connectivity index (χ1v) is 8.34. The largest absolute Gasteiger partial charge is 0.285 e. The molecule has 0 radical (unpaired) electrons. The molecule has 0 aliphatic carbocycles. The third-order valence-electron chi connectivity index (χ3n) is 3.51. The molecule has 3 nitrogen and oxygen atoms in total. The zero-order valence-electron chi connectivity index (χ0n) is 11.5. The van der Waals surface area contributed by atoms with E-state index in [0.717, 1.165) is 38.5 Å². The van der Waals surface area contributed by atoms with Crippen LogP contribution in [0.1, 0.15) is 78.6 Å². The van der Waals surface area contributed by atoms with Gasteiger partial charge in [-0.3, -0.25) is 4.55 Å². The highest BCUT2D eigenvalue weighted by Gasteiger charge is 2.40. The highest BCUT2D eigenvalue weighted by Crippen LogP contribution is 2.34. The Morgan fingerprint density at radius 1 is 0.824 bits per heavy atom. The third kappa shape index (κ3) is 5.38. The van der Waals surface area contributed by atoms with Gasteiger partial charge in [0.1, 0.15) is 0 Å². The van der Waals surface area contributed by atoms with Crippen molar-refractivity contribution in [3.05, 3.63) is 0 Å². The van der Waals surface area contributed by atoms with E-state index in [1.807, 2.05) is 20.8 Å². The van der Waals surface area contributed by atoms with Crippen molar-refractivity contribution in [2.45, 2.75) is 83.3 Å². The molecule has 0 aromatic carbocycles. The number of hydrogen-bond acceptors (Lipinski definition) is 2. The lowest BCUT2D eigenvalue weighted by Crippen LogP contribution is -2.38. The Morgan fingerprint density at radius 3 is 1.29 bits per heavy atom. The fraction of sp³-hybridized carbons (Fsp3) is 1.00. The van der Waals surface area contributed by atoms with Crippen molar-refractivity contribution in [2.24, 2.45) is 0 Å². The molecule has 0 amide bonds. The Kier molecular flexibility index (Phi) is 8.05. The van der Waals surface area contributed by atoms with Crippen molar-refractivity contribution in [3.63, 3.8) is 0 Å². The summed E-state index contributed by atoms with van der Waals surface area (Å²) in [5.41, 5.74) is 0. The van der Waals surface area contributed by atoms with Crippen LogP contribution in [-0.2, 0) is 10.1 Å². The van der Waals surface area contributed by atoms with Gasteiger partial charge in [0, 0.05) is 0 Å². The van der Waals surface area contributed by atoms with Crippen molar-refractivity contribution in [2.75, 3.05) is 0 Å². The van der Waals surface area contributed by atoms with Crippen LogP contribution in [0.3, 0.4) is 0 Å². The quantitative estimate of drug-likeness (QED) is 0.602. The highest BCUT2D eigenvalue weighted by atomic mass is 32.2. The molecular formula is C13H28O3S. The van der Waals surface area contributed by atoms with E-state index in [9.17, 15) is 13.0 Å². The maximum absolute atomic E-state index is 11.7. The number of rotatable bonds is 10. The van der Waals surface area contributed by atoms with Gasteiger partial charge in [-0.1, -0.05) is 59.3 Å². The number of unbranched alkanes of at least 4 members (excludes halogenated alkanes) is 3. The minimum Gasteiger partial charge on any atom is -0.285 e. The van der Waals surface area contributed by atoms with Crippen molar-refractivity contribution in [1.29, 1.82) is 0 Å². The summed E-state index contributed by atoms with van der Waals surface area (Å²) in [6, 6.07) is 0. The molecule has 17 heavy (non-hydrogen) atoms. The van der Waals surface area contributed by atoms with Gasteiger partial charge >= 0.3 is 0 Å². The van der Waals surface area contributed by atoms with Gasteiger partial charge in [-0.05, 0) is 19.3 Å². The van der Waals surface area contributed by atoms with Gasteiger partial charge in [-0.15, -0.1) is 0 Å². The normalized spacial score (nSPS) is 12.9. The minimum absolute atomic E-state index is 0.600. The first kappa shape index (κ1) is 16.9. The van der Waals surface area contributed by atoms with Crippen LogP contribution in [0, 0.1) is 0 Å². The lowest BCUT2D eigenvalue weighted by atomic mass is 9.90. The second-order valence-corrected chi connectivity index (χ2v) is 6.78. The molecule has 1 N–H and O–H groups in total. The average Bonchev–Trinajstić information content (AvgIpc) is 2.27. The topological polar surface area (TPSA) is 54.4 Å². The molecule has 0 saturated heterocycles. The fourth-order valence-electron chi connectivity index (χ4n) is 2.26. The molecule has 0 heterocycles. The van der Waals surface area contributed by atoms with Gasteiger partial charge in [-0.25, -0.2) is 0 Å². The Hall–Kier alpha value is -0.0900. The second kappa shape index (κ2) is 8.09. The van der Waals surface area contributed by atoms with Gasteiger partial charge < -0.3 is 0 Å². The summed E-state index contributed by atoms with van der Waals surface area (Å²) in [6.45, 7) is 6.15. The van der Waals surface area contributed by atoms with E-state index in [0.29, 0.717) is 19.3 Å². The Balaban J connectivity index is 4.92. The molecule has 0 bridgehead atoms. The average molecular weight is 264 g/mol. The molecular weight excluding hydrogens is 236 g/mol. The van der Waals surface area contributed by atoms with Gasteiger partial charge in [0.15, 0.2) is 0 Å². The van der Waals surface area contributed by atoms with E-state index < -0.39 is 14.9 Å². The Labute approximate surface area is 107 Å². The molecule has 0 aliphatic heterocycles. The van der Waals surface area contributed by atoms with E-state index >= 15 is 0 Å². The SMILES string of the molecule is CCCCC(CCCC)(CCCC)S(=O)(=O)O. The molecule has 0 unspecified atom stereocenters. The summed E-state index contributed by atoms with van der Waals surface area (Å²) in [4.78, 5) is 0. The predicted octanol–water partition coefficient (Wildman–Crippen LogP) is 4.18. The van der Waals surface area contributed by atoms with Crippen molar-refractivity contribution < 1.29 is 13.0 Å². The zero-order valence-corrected chi connectivity index (χ0v) is 12.4. The van der Waals surface area contributed by atoms with E-state index in [1.165, 1.54) is 0 Å². The maximum Gasteiger partial charge on any atom is 0.270 e. The van der Waals surface area contributed by atoms with Crippen LogP contribution in [0.5, 0.6) is 0 Å². The Morgan fingerprint density at radius 2 is 1.12 bits per heavy atom. The van der Waals surface area contributed by atoms with Crippen LogP contribution in [0.15, 0.2) is 0 Å². The predicted molar refractivity (Wildman–Crippen MR) is 72.9 cm³/mol. The number of hydrogen-bond donors (Lipinski definition) is 1.